The molecule has 0 fully saturated rings. The highest BCUT2D eigenvalue weighted by Crippen LogP contribution is 2.23. The molecule has 2 rings (SSSR count). The first kappa shape index (κ1) is 15.9. The van der Waals surface area contributed by atoms with Crippen LogP contribution in [0.3, 0.4) is 0 Å². The van der Waals surface area contributed by atoms with Gasteiger partial charge in [0, 0.05) is 15.9 Å². The van der Waals surface area contributed by atoms with Crippen LogP contribution >= 0.6 is 27.7 Å². The molecule has 21 heavy (non-hydrogen) atoms. The number of hydrogen-bond donors (Lipinski definition) is 1. The summed E-state index contributed by atoms with van der Waals surface area (Å²) in [5, 5.41) is 2.91. The third-order valence-electron chi connectivity index (χ3n) is 3.02. The normalized spacial score (nSPS) is 10.2. The summed E-state index contributed by atoms with van der Waals surface area (Å²) >= 11 is 5.06. The van der Waals surface area contributed by atoms with Gasteiger partial charge >= 0.3 is 0 Å². The predicted molar refractivity (Wildman–Crippen MR) is 90.1 cm³/mol. The van der Waals surface area contributed by atoms with E-state index in [9.17, 15) is 4.79 Å². The SMILES string of the molecule is COc1ccc(Br)cc1C(=O)NCc1ccc(SC)cc1. The zero-order chi connectivity index (χ0) is 15.2. The number of methoxy groups -OCH3 is 1. The number of carbonyl (C=O) groups excluding carboxylic acids is 1. The molecule has 0 unspecified atom stereocenters. The van der Waals surface area contributed by atoms with Crippen LogP contribution in [0, 0.1) is 0 Å². The molecule has 1 N–H and O–H groups in total. The highest BCUT2D eigenvalue weighted by Gasteiger charge is 2.12. The number of thioether (sulfide) groups is 1. The molecule has 0 spiro atoms. The molecule has 0 aliphatic heterocycles. The van der Waals surface area contributed by atoms with Crippen LogP contribution in [0.1, 0.15) is 15.9 Å². The Kier molecular flexibility index (Phi) is 5.70. The first-order chi connectivity index (χ1) is 10.1. The van der Waals surface area contributed by atoms with E-state index in [2.05, 4.69) is 21.2 Å². The maximum absolute atomic E-state index is 12.3. The second-order valence-corrected chi connectivity index (χ2v) is 6.17. The van der Waals surface area contributed by atoms with Gasteiger partial charge in [0.05, 0.1) is 12.7 Å². The zero-order valence-electron chi connectivity index (χ0n) is 11.9. The lowest BCUT2D eigenvalue weighted by atomic mass is 10.1. The van der Waals surface area contributed by atoms with Crippen LogP contribution in [0.25, 0.3) is 0 Å². The fourth-order valence-electron chi connectivity index (χ4n) is 1.88. The van der Waals surface area contributed by atoms with Gasteiger partial charge in [0.2, 0.25) is 0 Å². The Balaban J connectivity index is 2.05. The van der Waals surface area contributed by atoms with Gasteiger partial charge in [0.25, 0.3) is 5.91 Å². The van der Waals surface area contributed by atoms with Gasteiger partial charge in [0.15, 0.2) is 0 Å². The van der Waals surface area contributed by atoms with Crippen LogP contribution in [-0.2, 0) is 6.54 Å². The minimum Gasteiger partial charge on any atom is -0.496 e. The van der Waals surface area contributed by atoms with Crippen molar-refractivity contribution in [3.8, 4) is 5.75 Å². The molecule has 3 nitrogen and oxygen atoms in total. The Bertz CT molecular complexity index is 629. The second-order valence-electron chi connectivity index (χ2n) is 4.38. The topological polar surface area (TPSA) is 38.3 Å². The number of rotatable bonds is 5. The summed E-state index contributed by atoms with van der Waals surface area (Å²) in [5.74, 6) is 0.413. The van der Waals surface area contributed by atoms with Crippen LogP contribution in [0.4, 0.5) is 0 Å². The molecular formula is C16H16BrNO2S. The van der Waals surface area contributed by atoms with E-state index < -0.39 is 0 Å². The molecule has 0 bridgehead atoms. The molecule has 5 heteroatoms. The molecule has 0 atom stereocenters. The summed E-state index contributed by atoms with van der Waals surface area (Å²) < 4.78 is 6.06. The van der Waals surface area contributed by atoms with Crippen molar-refractivity contribution in [2.45, 2.75) is 11.4 Å². The van der Waals surface area contributed by atoms with Gasteiger partial charge in [0.1, 0.15) is 5.75 Å². The second kappa shape index (κ2) is 7.52. The molecule has 2 aromatic carbocycles. The summed E-state index contributed by atoms with van der Waals surface area (Å²) in [6.07, 6.45) is 2.04. The van der Waals surface area contributed by atoms with E-state index in [1.807, 2.05) is 36.6 Å². The predicted octanol–water partition coefficient (Wildman–Crippen LogP) is 4.11. The summed E-state index contributed by atoms with van der Waals surface area (Å²) in [6, 6.07) is 13.5. The quantitative estimate of drug-likeness (QED) is 0.810. The van der Waals surface area contributed by atoms with E-state index >= 15 is 0 Å². The van der Waals surface area contributed by atoms with Gasteiger partial charge in [-0.3, -0.25) is 4.79 Å². The summed E-state index contributed by atoms with van der Waals surface area (Å²) in [5.41, 5.74) is 1.59. The number of nitrogens with one attached hydrogen (secondary N) is 1. The highest BCUT2D eigenvalue weighted by molar-refractivity contribution is 9.10. The van der Waals surface area contributed by atoms with E-state index in [0.29, 0.717) is 17.9 Å². The Morgan fingerprint density at radius 1 is 1.24 bits per heavy atom. The molecule has 0 aromatic heterocycles. The third-order valence-corrected chi connectivity index (χ3v) is 4.26. The Hall–Kier alpha value is -1.46. The summed E-state index contributed by atoms with van der Waals surface area (Å²) in [4.78, 5) is 13.5. The van der Waals surface area contributed by atoms with Crippen molar-refractivity contribution in [3.63, 3.8) is 0 Å². The van der Waals surface area contributed by atoms with Gasteiger partial charge in [-0.2, -0.15) is 0 Å². The molecule has 110 valence electrons. The van der Waals surface area contributed by atoms with Crippen LogP contribution in [-0.4, -0.2) is 19.3 Å². The van der Waals surface area contributed by atoms with Crippen molar-refractivity contribution in [2.24, 2.45) is 0 Å². The fraction of sp³-hybridized carbons (Fsp3) is 0.188. The summed E-state index contributed by atoms with van der Waals surface area (Å²) in [7, 11) is 1.56. The molecule has 0 heterocycles. The van der Waals surface area contributed by atoms with Gasteiger partial charge < -0.3 is 10.1 Å². The molecule has 0 aliphatic rings. The van der Waals surface area contributed by atoms with Gasteiger partial charge in [-0.15, -0.1) is 11.8 Å². The van der Waals surface area contributed by atoms with Crippen LogP contribution < -0.4 is 10.1 Å². The van der Waals surface area contributed by atoms with Crippen LogP contribution in [0.15, 0.2) is 51.8 Å². The maximum atomic E-state index is 12.3. The molecule has 0 radical (unpaired) electrons. The van der Waals surface area contributed by atoms with Crippen molar-refractivity contribution in [1.82, 2.24) is 5.32 Å². The average molecular weight is 366 g/mol. The number of halogens is 1. The van der Waals surface area contributed by atoms with E-state index in [4.69, 9.17) is 4.74 Å². The number of amides is 1. The monoisotopic (exact) mass is 365 g/mol. The Morgan fingerprint density at radius 2 is 1.95 bits per heavy atom. The molecule has 0 saturated heterocycles. The lowest BCUT2D eigenvalue weighted by Gasteiger charge is -2.10. The van der Waals surface area contributed by atoms with E-state index in [-0.39, 0.29) is 5.91 Å². The van der Waals surface area contributed by atoms with Crippen molar-refractivity contribution in [2.75, 3.05) is 13.4 Å². The van der Waals surface area contributed by atoms with Gasteiger partial charge in [-0.25, -0.2) is 0 Å². The zero-order valence-corrected chi connectivity index (χ0v) is 14.3. The van der Waals surface area contributed by atoms with Crippen LogP contribution in [0.5, 0.6) is 5.75 Å². The fourth-order valence-corrected chi connectivity index (χ4v) is 2.65. The van der Waals surface area contributed by atoms with E-state index in [1.165, 1.54) is 4.90 Å². The largest absolute Gasteiger partial charge is 0.496 e. The van der Waals surface area contributed by atoms with Gasteiger partial charge in [-0.05, 0) is 42.2 Å². The minimum absolute atomic E-state index is 0.151. The number of ether oxygens (including phenoxy) is 1. The smallest absolute Gasteiger partial charge is 0.255 e. The first-order valence-electron chi connectivity index (χ1n) is 6.38. The number of hydrogen-bond acceptors (Lipinski definition) is 3. The molecule has 0 saturated carbocycles. The van der Waals surface area contributed by atoms with Crippen molar-refractivity contribution < 1.29 is 9.53 Å². The number of carbonyl (C=O) groups is 1. The highest BCUT2D eigenvalue weighted by atomic mass is 79.9. The Morgan fingerprint density at radius 3 is 2.57 bits per heavy atom. The standard InChI is InChI=1S/C16H16BrNO2S/c1-20-15-8-5-12(17)9-14(15)16(19)18-10-11-3-6-13(21-2)7-4-11/h3-9H,10H2,1-2H3,(H,18,19). The van der Waals surface area contributed by atoms with E-state index in [1.54, 1.807) is 31.0 Å². The van der Waals surface area contributed by atoms with Crippen molar-refractivity contribution in [3.05, 3.63) is 58.1 Å². The van der Waals surface area contributed by atoms with E-state index in [0.717, 1.165) is 10.0 Å². The molecular weight excluding hydrogens is 350 g/mol. The minimum atomic E-state index is -0.151. The van der Waals surface area contributed by atoms with Gasteiger partial charge in [-0.1, -0.05) is 28.1 Å². The maximum Gasteiger partial charge on any atom is 0.255 e. The Labute approximate surface area is 137 Å². The van der Waals surface area contributed by atoms with Crippen LogP contribution in [0.2, 0.25) is 0 Å². The lowest BCUT2D eigenvalue weighted by Crippen LogP contribution is -2.23. The lowest BCUT2D eigenvalue weighted by molar-refractivity contribution is 0.0948. The molecule has 1 amide bonds. The van der Waals surface area contributed by atoms with Crippen molar-refractivity contribution >= 4 is 33.6 Å². The average Bonchev–Trinajstić information content (AvgIpc) is 2.53. The number of benzene rings is 2. The first-order valence-corrected chi connectivity index (χ1v) is 8.40. The summed E-state index contributed by atoms with van der Waals surface area (Å²) in [6.45, 7) is 0.489. The molecule has 0 aliphatic carbocycles. The third kappa shape index (κ3) is 4.25. The molecule has 2 aromatic rings. The van der Waals surface area contributed by atoms with Crippen molar-refractivity contribution in [1.29, 1.82) is 0 Å².